The largest absolute Gasteiger partial charge is 0.395 e. The summed E-state index contributed by atoms with van der Waals surface area (Å²) in [5.74, 6) is 0.118. The molecular weight excluding hydrogens is 270 g/mol. The van der Waals surface area contributed by atoms with Crippen LogP contribution in [-0.2, 0) is 6.54 Å². The summed E-state index contributed by atoms with van der Waals surface area (Å²) in [4.78, 5) is 16.1. The van der Waals surface area contributed by atoms with Gasteiger partial charge in [0.2, 0.25) is 0 Å². The lowest BCUT2D eigenvalue weighted by molar-refractivity contribution is 0.0912. The Balaban J connectivity index is 2.00. The molecule has 0 aliphatic heterocycles. The van der Waals surface area contributed by atoms with E-state index in [2.05, 4.69) is 0 Å². The molecule has 0 aliphatic rings. The van der Waals surface area contributed by atoms with Gasteiger partial charge in [-0.05, 0) is 24.6 Å². The molecule has 4 heteroatoms. The zero-order valence-electron chi connectivity index (χ0n) is 11.6. The van der Waals surface area contributed by atoms with Gasteiger partial charge in [0.1, 0.15) is 0 Å². The maximum atomic E-state index is 12.2. The molecule has 0 bridgehead atoms. The third-order valence-electron chi connectivity index (χ3n) is 3.05. The number of benzene rings is 1. The van der Waals surface area contributed by atoms with Crippen molar-refractivity contribution in [3.8, 4) is 0 Å². The first-order chi connectivity index (χ1) is 9.69. The fraction of sp³-hybridized carbons (Fsp3) is 0.312. The standard InChI is InChI=1S/C16H19NO2S/c1-13-7-8-16(20-13)15(19)12-17(9-10-18)11-14-5-3-2-4-6-14/h2-8,18H,9-12H2,1H3. The van der Waals surface area contributed by atoms with Crippen LogP contribution in [-0.4, -0.2) is 35.5 Å². The third kappa shape index (κ3) is 4.27. The summed E-state index contributed by atoms with van der Waals surface area (Å²) in [7, 11) is 0. The molecule has 0 aliphatic carbocycles. The van der Waals surface area contributed by atoms with Crippen LogP contribution in [0, 0.1) is 6.92 Å². The van der Waals surface area contributed by atoms with Gasteiger partial charge in [-0.3, -0.25) is 9.69 Å². The van der Waals surface area contributed by atoms with Gasteiger partial charge in [0, 0.05) is 18.0 Å². The third-order valence-corrected chi connectivity index (χ3v) is 4.09. The van der Waals surface area contributed by atoms with Crippen molar-refractivity contribution in [3.05, 3.63) is 57.8 Å². The number of aliphatic hydroxyl groups excluding tert-OH is 1. The molecule has 1 heterocycles. The first kappa shape index (κ1) is 14.9. The zero-order valence-corrected chi connectivity index (χ0v) is 12.4. The van der Waals surface area contributed by atoms with E-state index in [4.69, 9.17) is 5.11 Å². The maximum absolute atomic E-state index is 12.2. The van der Waals surface area contributed by atoms with Crippen LogP contribution in [0.1, 0.15) is 20.1 Å². The van der Waals surface area contributed by atoms with Gasteiger partial charge in [-0.15, -0.1) is 11.3 Å². The Morgan fingerprint density at radius 1 is 1.20 bits per heavy atom. The highest BCUT2D eigenvalue weighted by molar-refractivity contribution is 7.14. The van der Waals surface area contributed by atoms with E-state index in [1.807, 2.05) is 54.3 Å². The number of aryl methyl sites for hydroxylation is 1. The minimum Gasteiger partial charge on any atom is -0.395 e. The van der Waals surface area contributed by atoms with Crippen LogP contribution in [0.2, 0.25) is 0 Å². The molecule has 0 atom stereocenters. The first-order valence-electron chi connectivity index (χ1n) is 6.66. The van der Waals surface area contributed by atoms with Crippen molar-refractivity contribution in [3.63, 3.8) is 0 Å². The predicted molar refractivity (Wildman–Crippen MR) is 82.2 cm³/mol. The SMILES string of the molecule is Cc1ccc(C(=O)CN(CCO)Cc2ccccc2)s1. The van der Waals surface area contributed by atoms with Crippen molar-refractivity contribution in [2.75, 3.05) is 19.7 Å². The summed E-state index contributed by atoms with van der Waals surface area (Å²) in [5.41, 5.74) is 1.15. The molecule has 20 heavy (non-hydrogen) atoms. The Hall–Kier alpha value is -1.49. The summed E-state index contributed by atoms with van der Waals surface area (Å²) in [6.07, 6.45) is 0. The van der Waals surface area contributed by atoms with Gasteiger partial charge in [-0.1, -0.05) is 30.3 Å². The highest BCUT2D eigenvalue weighted by Crippen LogP contribution is 2.16. The number of nitrogens with zero attached hydrogens (tertiary/aromatic N) is 1. The normalized spacial score (nSPS) is 10.9. The molecule has 3 nitrogen and oxygen atoms in total. The molecule has 0 unspecified atom stereocenters. The van der Waals surface area contributed by atoms with Crippen molar-refractivity contribution >= 4 is 17.1 Å². The molecule has 2 rings (SSSR count). The van der Waals surface area contributed by atoms with Crippen LogP contribution in [0.25, 0.3) is 0 Å². The van der Waals surface area contributed by atoms with Crippen molar-refractivity contribution in [2.45, 2.75) is 13.5 Å². The van der Waals surface area contributed by atoms with E-state index < -0.39 is 0 Å². The summed E-state index contributed by atoms with van der Waals surface area (Å²) in [6.45, 7) is 3.58. The summed E-state index contributed by atoms with van der Waals surface area (Å²) >= 11 is 1.52. The van der Waals surface area contributed by atoms with Crippen LogP contribution in [0.15, 0.2) is 42.5 Å². The maximum Gasteiger partial charge on any atom is 0.186 e. The Labute approximate surface area is 123 Å². The molecular formula is C16H19NO2S. The minimum absolute atomic E-state index is 0.0591. The van der Waals surface area contributed by atoms with Gasteiger partial charge in [-0.25, -0.2) is 0 Å². The molecule has 1 aromatic heterocycles. The number of aliphatic hydroxyl groups is 1. The van der Waals surface area contributed by atoms with Gasteiger partial charge in [0.25, 0.3) is 0 Å². The monoisotopic (exact) mass is 289 g/mol. The molecule has 1 aromatic carbocycles. The number of carbonyl (C=O) groups is 1. The Bertz CT molecular complexity index is 551. The number of hydrogen-bond donors (Lipinski definition) is 1. The van der Waals surface area contributed by atoms with E-state index in [0.29, 0.717) is 19.6 Å². The Morgan fingerprint density at radius 3 is 2.55 bits per heavy atom. The lowest BCUT2D eigenvalue weighted by Crippen LogP contribution is -2.31. The molecule has 1 N–H and O–H groups in total. The summed E-state index contributed by atoms with van der Waals surface area (Å²) in [6, 6.07) is 13.8. The number of thiophene rings is 1. The van der Waals surface area contributed by atoms with Crippen LogP contribution in [0.5, 0.6) is 0 Å². The molecule has 0 radical (unpaired) electrons. The topological polar surface area (TPSA) is 40.5 Å². The fourth-order valence-corrected chi connectivity index (χ4v) is 2.86. The van der Waals surface area contributed by atoms with E-state index in [0.717, 1.165) is 15.3 Å². The van der Waals surface area contributed by atoms with E-state index in [-0.39, 0.29) is 12.4 Å². The fourth-order valence-electron chi connectivity index (χ4n) is 2.06. The van der Waals surface area contributed by atoms with Gasteiger partial charge >= 0.3 is 0 Å². The van der Waals surface area contributed by atoms with Gasteiger partial charge < -0.3 is 5.11 Å². The van der Waals surface area contributed by atoms with Crippen LogP contribution in [0.4, 0.5) is 0 Å². The van der Waals surface area contributed by atoms with Crippen molar-refractivity contribution in [2.24, 2.45) is 0 Å². The van der Waals surface area contributed by atoms with E-state index in [9.17, 15) is 4.79 Å². The number of hydrogen-bond acceptors (Lipinski definition) is 4. The second kappa shape index (κ2) is 7.33. The number of ketones is 1. The second-order valence-electron chi connectivity index (χ2n) is 4.75. The number of Topliss-reactive ketones (excluding diaryl/α,β-unsaturated/α-hetero) is 1. The van der Waals surface area contributed by atoms with E-state index >= 15 is 0 Å². The van der Waals surface area contributed by atoms with Crippen LogP contribution >= 0.6 is 11.3 Å². The second-order valence-corrected chi connectivity index (χ2v) is 6.04. The highest BCUT2D eigenvalue weighted by atomic mass is 32.1. The quantitative estimate of drug-likeness (QED) is 0.797. The molecule has 2 aromatic rings. The molecule has 0 amide bonds. The highest BCUT2D eigenvalue weighted by Gasteiger charge is 2.14. The number of carbonyl (C=O) groups excluding carboxylic acids is 1. The molecule has 0 saturated heterocycles. The van der Waals surface area contributed by atoms with E-state index in [1.54, 1.807) is 0 Å². The smallest absolute Gasteiger partial charge is 0.186 e. The van der Waals surface area contributed by atoms with Crippen molar-refractivity contribution < 1.29 is 9.90 Å². The number of rotatable bonds is 7. The molecule has 0 fully saturated rings. The average Bonchev–Trinajstić information content (AvgIpc) is 2.87. The average molecular weight is 289 g/mol. The zero-order chi connectivity index (χ0) is 14.4. The van der Waals surface area contributed by atoms with Crippen molar-refractivity contribution in [1.82, 2.24) is 4.90 Å². The Kier molecular flexibility index (Phi) is 5.47. The van der Waals surface area contributed by atoms with Gasteiger partial charge in [-0.2, -0.15) is 0 Å². The lowest BCUT2D eigenvalue weighted by Gasteiger charge is -2.20. The molecule has 0 saturated carbocycles. The first-order valence-corrected chi connectivity index (χ1v) is 7.47. The van der Waals surface area contributed by atoms with Crippen LogP contribution < -0.4 is 0 Å². The lowest BCUT2D eigenvalue weighted by atomic mass is 10.2. The van der Waals surface area contributed by atoms with Crippen molar-refractivity contribution in [1.29, 1.82) is 0 Å². The molecule has 0 spiro atoms. The predicted octanol–water partition coefficient (Wildman–Crippen LogP) is 2.73. The minimum atomic E-state index is 0.0591. The van der Waals surface area contributed by atoms with E-state index in [1.165, 1.54) is 11.3 Å². The van der Waals surface area contributed by atoms with Gasteiger partial charge in [0.15, 0.2) is 5.78 Å². The Morgan fingerprint density at radius 2 is 1.95 bits per heavy atom. The summed E-state index contributed by atoms with van der Waals surface area (Å²) < 4.78 is 0. The van der Waals surface area contributed by atoms with Crippen LogP contribution in [0.3, 0.4) is 0 Å². The molecule has 106 valence electrons. The van der Waals surface area contributed by atoms with Gasteiger partial charge in [0.05, 0.1) is 18.0 Å². The summed E-state index contributed by atoms with van der Waals surface area (Å²) in [5, 5.41) is 9.15.